The van der Waals surface area contributed by atoms with Crippen LogP contribution < -0.4 is 5.32 Å². The molecule has 1 N–H and O–H groups in total. The zero-order valence-corrected chi connectivity index (χ0v) is 15.0. The zero-order chi connectivity index (χ0) is 17.1. The molecule has 1 rings (SSSR count). The van der Waals surface area contributed by atoms with E-state index in [2.05, 4.69) is 5.32 Å². The summed E-state index contributed by atoms with van der Waals surface area (Å²) in [4.78, 5) is 13.9. The lowest BCUT2D eigenvalue weighted by atomic mass is 10.1. The van der Waals surface area contributed by atoms with Gasteiger partial charge in [-0.05, 0) is 51.9 Å². The Balaban J connectivity index is 2.70. The van der Waals surface area contributed by atoms with Gasteiger partial charge in [-0.1, -0.05) is 12.1 Å². The van der Waals surface area contributed by atoms with Gasteiger partial charge in [0.1, 0.15) is 0 Å². The molecule has 5 nitrogen and oxygen atoms in total. The van der Waals surface area contributed by atoms with E-state index in [0.717, 1.165) is 16.8 Å². The van der Waals surface area contributed by atoms with Crippen LogP contribution in [0.1, 0.15) is 25.0 Å². The van der Waals surface area contributed by atoms with Crippen molar-refractivity contribution in [2.24, 2.45) is 0 Å². The van der Waals surface area contributed by atoms with Crippen molar-refractivity contribution in [3.63, 3.8) is 0 Å². The van der Waals surface area contributed by atoms with Crippen LogP contribution in [-0.2, 0) is 14.6 Å². The number of hydrogen-bond acceptors (Lipinski definition) is 4. The Kier molecular flexibility index (Phi) is 6.14. The lowest BCUT2D eigenvalue weighted by Crippen LogP contribution is -2.44. The molecule has 22 heavy (non-hydrogen) atoms. The van der Waals surface area contributed by atoms with Gasteiger partial charge in [0, 0.05) is 18.0 Å². The molecule has 0 spiro atoms. The van der Waals surface area contributed by atoms with Crippen molar-refractivity contribution >= 4 is 21.4 Å². The highest BCUT2D eigenvalue weighted by Crippen LogP contribution is 2.16. The predicted molar refractivity (Wildman–Crippen MR) is 90.9 cm³/mol. The van der Waals surface area contributed by atoms with Gasteiger partial charge in [-0.3, -0.25) is 9.69 Å². The average molecular weight is 326 g/mol. The zero-order valence-electron chi connectivity index (χ0n) is 14.2. The maximum absolute atomic E-state index is 12.2. The van der Waals surface area contributed by atoms with Crippen LogP contribution in [-0.4, -0.2) is 50.4 Å². The number of anilines is 1. The molecule has 0 aromatic heterocycles. The molecule has 0 aliphatic rings. The van der Waals surface area contributed by atoms with Crippen molar-refractivity contribution in [2.45, 2.75) is 39.0 Å². The molecular formula is C16H26N2O3S. The average Bonchev–Trinajstić information content (AvgIpc) is 2.40. The van der Waals surface area contributed by atoms with Crippen LogP contribution >= 0.6 is 0 Å². The van der Waals surface area contributed by atoms with Crippen LogP contribution in [0.15, 0.2) is 18.2 Å². The predicted octanol–water partition coefficient (Wildman–Crippen LogP) is 2.00. The van der Waals surface area contributed by atoms with E-state index in [-0.39, 0.29) is 18.5 Å². The lowest BCUT2D eigenvalue weighted by molar-refractivity contribution is -0.117. The van der Waals surface area contributed by atoms with E-state index < -0.39 is 15.1 Å². The van der Waals surface area contributed by atoms with Crippen molar-refractivity contribution in [1.29, 1.82) is 0 Å². The number of likely N-dealkylation sites (N-methyl/N-ethyl adjacent to an activating group) is 1. The summed E-state index contributed by atoms with van der Waals surface area (Å²) in [6.07, 6.45) is 1.22. The normalized spacial score (nSPS) is 14.7. The number of nitrogens with one attached hydrogen (secondary N) is 1. The molecule has 1 amide bonds. The maximum Gasteiger partial charge on any atom is 0.238 e. The number of rotatable bonds is 6. The first-order valence-electron chi connectivity index (χ1n) is 7.28. The second-order valence-electron chi connectivity index (χ2n) is 6.06. The van der Waals surface area contributed by atoms with Gasteiger partial charge in [0.05, 0.1) is 11.8 Å². The molecule has 0 heterocycles. The maximum atomic E-state index is 12.2. The van der Waals surface area contributed by atoms with E-state index >= 15 is 0 Å². The second-order valence-corrected chi connectivity index (χ2v) is 8.46. The highest BCUT2D eigenvalue weighted by molar-refractivity contribution is 7.91. The first-order chi connectivity index (χ1) is 10.0. The number of benzene rings is 1. The summed E-state index contributed by atoms with van der Waals surface area (Å²) in [7, 11) is -1.37. The van der Waals surface area contributed by atoms with Gasteiger partial charge in [-0.15, -0.1) is 0 Å². The monoisotopic (exact) mass is 326 g/mol. The summed E-state index contributed by atoms with van der Waals surface area (Å²) < 4.78 is 23.2. The number of hydrogen-bond donors (Lipinski definition) is 1. The molecule has 0 bridgehead atoms. The minimum Gasteiger partial charge on any atom is -0.325 e. The standard InChI is InChI=1S/C16H26N2O3S/c1-11-7-8-12(2)15(9-11)17-16(19)10-18(5)13(3)14(4)22(6,20)21/h7-9,13-14H,10H2,1-6H3,(H,17,19). The number of carbonyl (C=O) groups is 1. The molecule has 6 heteroatoms. The number of sulfone groups is 1. The van der Waals surface area contributed by atoms with Crippen LogP contribution in [0, 0.1) is 13.8 Å². The Labute approximate surface area is 133 Å². The van der Waals surface area contributed by atoms with Crippen LogP contribution in [0.2, 0.25) is 0 Å². The lowest BCUT2D eigenvalue weighted by Gasteiger charge is -2.28. The third-order valence-electron chi connectivity index (χ3n) is 4.11. The van der Waals surface area contributed by atoms with Crippen LogP contribution in [0.4, 0.5) is 5.69 Å². The highest BCUT2D eigenvalue weighted by Gasteiger charge is 2.26. The van der Waals surface area contributed by atoms with Crippen molar-refractivity contribution in [3.8, 4) is 0 Å². The molecule has 1 aromatic carbocycles. The summed E-state index contributed by atoms with van der Waals surface area (Å²) in [5, 5.41) is 2.36. The van der Waals surface area contributed by atoms with E-state index in [4.69, 9.17) is 0 Å². The van der Waals surface area contributed by atoms with Crippen LogP contribution in [0.25, 0.3) is 0 Å². The van der Waals surface area contributed by atoms with Gasteiger partial charge in [-0.2, -0.15) is 0 Å². The van der Waals surface area contributed by atoms with E-state index in [9.17, 15) is 13.2 Å². The molecule has 2 unspecified atom stereocenters. The van der Waals surface area contributed by atoms with Gasteiger partial charge in [0.25, 0.3) is 0 Å². The second kappa shape index (κ2) is 7.24. The molecule has 2 atom stereocenters. The minimum atomic E-state index is -3.13. The van der Waals surface area contributed by atoms with Crippen LogP contribution in [0.3, 0.4) is 0 Å². The van der Waals surface area contributed by atoms with Gasteiger partial charge in [0.2, 0.25) is 5.91 Å². The van der Waals surface area contributed by atoms with E-state index in [1.807, 2.05) is 39.0 Å². The molecule has 0 aliphatic carbocycles. The summed E-state index contributed by atoms with van der Waals surface area (Å²) in [6.45, 7) is 7.54. The number of aryl methyl sites for hydroxylation is 2. The first kappa shape index (κ1) is 18.6. The minimum absolute atomic E-state index is 0.147. The fourth-order valence-electron chi connectivity index (χ4n) is 2.15. The van der Waals surface area contributed by atoms with Gasteiger partial charge in [0.15, 0.2) is 9.84 Å². The third-order valence-corrected chi connectivity index (χ3v) is 5.85. The SMILES string of the molecule is Cc1ccc(C)c(NC(=O)CN(C)C(C)C(C)S(C)(=O)=O)c1. The fourth-order valence-corrected chi connectivity index (χ4v) is 3.07. The third kappa shape index (κ3) is 5.10. The molecule has 0 aliphatic heterocycles. The molecule has 0 saturated heterocycles. The smallest absolute Gasteiger partial charge is 0.238 e. The highest BCUT2D eigenvalue weighted by atomic mass is 32.2. The van der Waals surface area contributed by atoms with Crippen molar-refractivity contribution in [2.75, 3.05) is 25.2 Å². The Morgan fingerprint density at radius 1 is 1.27 bits per heavy atom. The first-order valence-corrected chi connectivity index (χ1v) is 9.24. The largest absolute Gasteiger partial charge is 0.325 e. The molecule has 124 valence electrons. The Bertz CT molecular complexity index is 641. The van der Waals surface area contributed by atoms with E-state index in [1.165, 1.54) is 6.26 Å². The molecule has 0 saturated carbocycles. The van der Waals surface area contributed by atoms with Gasteiger partial charge in [-0.25, -0.2) is 8.42 Å². The summed E-state index contributed by atoms with van der Waals surface area (Å²) in [5.74, 6) is -0.149. The topological polar surface area (TPSA) is 66.5 Å². The van der Waals surface area contributed by atoms with Gasteiger partial charge >= 0.3 is 0 Å². The summed E-state index contributed by atoms with van der Waals surface area (Å²) in [5.41, 5.74) is 2.87. The van der Waals surface area contributed by atoms with Crippen molar-refractivity contribution in [3.05, 3.63) is 29.3 Å². The number of carbonyl (C=O) groups excluding carboxylic acids is 1. The number of nitrogens with zero attached hydrogens (tertiary/aromatic N) is 1. The fraction of sp³-hybridized carbons (Fsp3) is 0.562. The van der Waals surface area contributed by atoms with Crippen molar-refractivity contribution in [1.82, 2.24) is 4.90 Å². The Hall–Kier alpha value is -1.40. The summed E-state index contributed by atoms with van der Waals surface area (Å²) in [6, 6.07) is 5.64. The van der Waals surface area contributed by atoms with Crippen molar-refractivity contribution < 1.29 is 13.2 Å². The molecule has 0 fully saturated rings. The number of amides is 1. The van der Waals surface area contributed by atoms with E-state index in [0.29, 0.717) is 0 Å². The van der Waals surface area contributed by atoms with E-state index in [1.54, 1.807) is 18.9 Å². The summed E-state index contributed by atoms with van der Waals surface area (Å²) >= 11 is 0. The molecular weight excluding hydrogens is 300 g/mol. The molecule has 1 aromatic rings. The Morgan fingerprint density at radius 3 is 2.41 bits per heavy atom. The van der Waals surface area contributed by atoms with Gasteiger partial charge < -0.3 is 5.32 Å². The van der Waals surface area contributed by atoms with Crippen LogP contribution in [0.5, 0.6) is 0 Å². The quantitative estimate of drug-likeness (QED) is 0.868. The Morgan fingerprint density at radius 2 is 1.86 bits per heavy atom. The molecule has 0 radical (unpaired) electrons.